The number of anilines is 1. The molecule has 104 valence electrons. The fourth-order valence-corrected chi connectivity index (χ4v) is 1.97. The minimum absolute atomic E-state index is 0.684. The maximum Gasteiger partial charge on any atom is 0.203 e. The van der Waals surface area contributed by atoms with Crippen LogP contribution in [0, 0.1) is 6.92 Å². The van der Waals surface area contributed by atoms with Crippen LogP contribution >= 0.6 is 0 Å². The number of aryl methyl sites for hydroxylation is 2. The van der Waals surface area contributed by atoms with E-state index in [1.165, 1.54) is 0 Å². The highest BCUT2D eigenvalue weighted by molar-refractivity contribution is 5.28. The van der Waals surface area contributed by atoms with Gasteiger partial charge in [-0.05, 0) is 6.92 Å². The van der Waals surface area contributed by atoms with Gasteiger partial charge >= 0.3 is 0 Å². The first-order chi connectivity index (χ1) is 9.20. The second-order valence-electron chi connectivity index (χ2n) is 4.52. The maximum absolute atomic E-state index is 5.10. The molecule has 0 aromatic carbocycles. The molecular weight excluding hydrogens is 242 g/mol. The van der Waals surface area contributed by atoms with Crippen molar-refractivity contribution in [3.8, 4) is 0 Å². The van der Waals surface area contributed by atoms with Crippen molar-refractivity contribution >= 4 is 5.95 Å². The van der Waals surface area contributed by atoms with Gasteiger partial charge in [-0.25, -0.2) is 9.97 Å². The van der Waals surface area contributed by atoms with Crippen LogP contribution in [0.1, 0.15) is 11.5 Å². The number of hydrogen-bond acceptors (Lipinski definition) is 4. The predicted octanol–water partition coefficient (Wildman–Crippen LogP) is 1.23. The summed E-state index contributed by atoms with van der Waals surface area (Å²) in [4.78, 5) is 8.77. The van der Waals surface area contributed by atoms with E-state index < -0.39 is 0 Å². The van der Waals surface area contributed by atoms with Gasteiger partial charge in [0.25, 0.3) is 0 Å². The third-order valence-corrected chi connectivity index (χ3v) is 2.99. The second-order valence-corrected chi connectivity index (χ2v) is 4.52. The molecule has 0 aliphatic rings. The number of ether oxygens (including phenoxy) is 1. The molecule has 0 unspecified atom stereocenters. The van der Waals surface area contributed by atoms with Gasteiger partial charge in [-0.2, -0.15) is 0 Å². The van der Waals surface area contributed by atoms with Crippen molar-refractivity contribution in [3.05, 3.63) is 30.1 Å². The first-order valence-corrected chi connectivity index (χ1v) is 6.43. The van der Waals surface area contributed by atoms with Crippen LogP contribution in [0.5, 0.6) is 0 Å². The number of imidazole rings is 2. The Kier molecular flexibility index (Phi) is 4.57. The van der Waals surface area contributed by atoms with Crippen LogP contribution in [-0.4, -0.2) is 39.4 Å². The van der Waals surface area contributed by atoms with Gasteiger partial charge in [0.1, 0.15) is 5.82 Å². The predicted molar refractivity (Wildman–Crippen MR) is 74.2 cm³/mol. The Hall–Kier alpha value is -1.82. The zero-order valence-corrected chi connectivity index (χ0v) is 11.8. The number of aromatic nitrogens is 4. The number of rotatable bonds is 7. The fourth-order valence-electron chi connectivity index (χ4n) is 1.97. The summed E-state index contributed by atoms with van der Waals surface area (Å²) in [6.07, 6.45) is 6.68. The molecule has 0 aliphatic heterocycles. The molecular formula is C13H21N5O. The van der Waals surface area contributed by atoms with Crippen LogP contribution in [0.2, 0.25) is 0 Å². The van der Waals surface area contributed by atoms with Crippen LogP contribution in [0.3, 0.4) is 0 Å². The average molecular weight is 263 g/mol. The molecule has 2 heterocycles. The SMILES string of the molecule is COCCn1cc(C)nc1NCCc1nccn1C. The van der Waals surface area contributed by atoms with Crippen LogP contribution in [-0.2, 0) is 24.8 Å². The quantitative estimate of drug-likeness (QED) is 0.816. The Morgan fingerprint density at radius 3 is 2.95 bits per heavy atom. The van der Waals surface area contributed by atoms with Gasteiger partial charge in [-0.1, -0.05) is 0 Å². The first-order valence-electron chi connectivity index (χ1n) is 6.43. The smallest absolute Gasteiger partial charge is 0.203 e. The van der Waals surface area contributed by atoms with E-state index in [-0.39, 0.29) is 0 Å². The summed E-state index contributed by atoms with van der Waals surface area (Å²) in [7, 11) is 3.71. The molecule has 2 aromatic rings. The van der Waals surface area contributed by atoms with Gasteiger partial charge in [0.2, 0.25) is 5.95 Å². The third-order valence-electron chi connectivity index (χ3n) is 2.99. The highest BCUT2D eigenvalue weighted by Crippen LogP contribution is 2.08. The van der Waals surface area contributed by atoms with E-state index in [0.717, 1.165) is 37.0 Å². The molecule has 1 N–H and O–H groups in total. The largest absolute Gasteiger partial charge is 0.383 e. The summed E-state index contributed by atoms with van der Waals surface area (Å²) in [6.45, 7) is 4.30. The van der Waals surface area contributed by atoms with E-state index in [4.69, 9.17) is 4.74 Å². The van der Waals surface area contributed by atoms with Crippen LogP contribution in [0.15, 0.2) is 18.6 Å². The van der Waals surface area contributed by atoms with E-state index >= 15 is 0 Å². The fraction of sp³-hybridized carbons (Fsp3) is 0.538. The van der Waals surface area contributed by atoms with E-state index in [9.17, 15) is 0 Å². The lowest BCUT2D eigenvalue weighted by atomic mass is 10.4. The molecule has 0 amide bonds. The van der Waals surface area contributed by atoms with Gasteiger partial charge < -0.3 is 19.2 Å². The van der Waals surface area contributed by atoms with Crippen molar-refractivity contribution in [2.75, 3.05) is 25.6 Å². The summed E-state index contributed by atoms with van der Waals surface area (Å²) in [5, 5.41) is 3.35. The Bertz CT molecular complexity index is 517. The topological polar surface area (TPSA) is 56.9 Å². The lowest BCUT2D eigenvalue weighted by Crippen LogP contribution is -2.13. The molecule has 0 bridgehead atoms. The number of methoxy groups -OCH3 is 1. The monoisotopic (exact) mass is 263 g/mol. The third kappa shape index (κ3) is 3.57. The molecule has 2 rings (SSSR count). The lowest BCUT2D eigenvalue weighted by molar-refractivity contribution is 0.187. The Labute approximate surface area is 113 Å². The molecule has 19 heavy (non-hydrogen) atoms. The molecule has 0 spiro atoms. The van der Waals surface area contributed by atoms with Gasteiger partial charge in [0, 0.05) is 52.3 Å². The summed E-state index contributed by atoms with van der Waals surface area (Å²) >= 11 is 0. The summed E-state index contributed by atoms with van der Waals surface area (Å²) in [5.74, 6) is 1.96. The summed E-state index contributed by atoms with van der Waals surface area (Å²) in [6, 6.07) is 0. The second kappa shape index (κ2) is 6.38. The van der Waals surface area contributed by atoms with Crippen molar-refractivity contribution in [1.82, 2.24) is 19.1 Å². The molecule has 0 radical (unpaired) electrons. The maximum atomic E-state index is 5.10. The first kappa shape index (κ1) is 13.6. The average Bonchev–Trinajstić information content (AvgIpc) is 2.94. The highest BCUT2D eigenvalue weighted by atomic mass is 16.5. The van der Waals surface area contributed by atoms with E-state index in [1.54, 1.807) is 7.11 Å². The van der Waals surface area contributed by atoms with Crippen LogP contribution in [0.25, 0.3) is 0 Å². The molecule has 0 saturated heterocycles. The van der Waals surface area contributed by atoms with Crippen molar-refractivity contribution in [1.29, 1.82) is 0 Å². The Balaban J connectivity index is 1.90. The minimum atomic E-state index is 0.684. The van der Waals surface area contributed by atoms with Crippen molar-refractivity contribution in [3.63, 3.8) is 0 Å². The number of nitrogens with zero attached hydrogens (tertiary/aromatic N) is 4. The van der Waals surface area contributed by atoms with Crippen molar-refractivity contribution in [2.24, 2.45) is 7.05 Å². The molecule has 2 aromatic heterocycles. The zero-order chi connectivity index (χ0) is 13.7. The highest BCUT2D eigenvalue weighted by Gasteiger charge is 2.05. The van der Waals surface area contributed by atoms with Gasteiger partial charge in [-0.3, -0.25) is 0 Å². The summed E-state index contributed by atoms with van der Waals surface area (Å²) in [5.41, 5.74) is 1.01. The lowest BCUT2D eigenvalue weighted by Gasteiger charge is -2.09. The molecule has 0 atom stereocenters. The van der Waals surface area contributed by atoms with Crippen molar-refractivity contribution < 1.29 is 4.74 Å². The Morgan fingerprint density at radius 2 is 2.26 bits per heavy atom. The molecule has 0 aliphatic carbocycles. The normalized spacial score (nSPS) is 10.9. The number of hydrogen-bond donors (Lipinski definition) is 1. The number of nitrogens with one attached hydrogen (secondary N) is 1. The van der Waals surface area contributed by atoms with Gasteiger partial charge in [0.15, 0.2) is 0 Å². The van der Waals surface area contributed by atoms with Crippen LogP contribution in [0.4, 0.5) is 5.95 Å². The van der Waals surface area contributed by atoms with E-state index in [0.29, 0.717) is 6.61 Å². The van der Waals surface area contributed by atoms with Crippen molar-refractivity contribution in [2.45, 2.75) is 19.9 Å². The Morgan fingerprint density at radius 1 is 1.42 bits per heavy atom. The minimum Gasteiger partial charge on any atom is -0.383 e. The van der Waals surface area contributed by atoms with Gasteiger partial charge in [-0.15, -0.1) is 0 Å². The zero-order valence-electron chi connectivity index (χ0n) is 11.8. The summed E-state index contributed by atoms with van der Waals surface area (Å²) < 4.78 is 9.21. The van der Waals surface area contributed by atoms with E-state index in [1.807, 2.05) is 37.1 Å². The van der Waals surface area contributed by atoms with Crippen LogP contribution < -0.4 is 5.32 Å². The van der Waals surface area contributed by atoms with Gasteiger partial charge in [0.05, 0.1) is 12.3 Å². The van der Waals surface area contributed by atoms with E-state index in [2.05, 4.69) is 19.9 Å². The molecule has 6 nitrogen and oxygen atoms in total. The molecule has 6 heteroatoms. The molecule has 0 saturated carbocycles. The standard InChI is InChI=1S/C13H21N5O/c1-11-10-18(8-9-19-3)13(16-11)15-5-4-12-14-6-7-17(12)2/h6-7,10H,4-5,8-9H2,1-3H3,(H,15,16). The molecule has 0 fully saturated rings.